The van der Waals surface area contributed by atoms with Gasteiger partial charge in [0.1, 0.15) is 12.6 Å². The van der Waals surface area contributed by atoms with E-state index < -0.39 is 11.9 Å². The van der Waals surface area contributed by atoms with Crippen LogP contribution in [0, 0.1) is 0 Å². The molecule has 1 aromatic rings. The second kappa shape index (κ2) is 23.6. The largest absolute Gasteiger partial charge is 0.379 e. The molecular weight excluding hydrogens is 624 g/mol. The van der Waals surface area contributed by atoms with E-state index in [1.807, 2.05) is 0 Å². The topological polar surface area (TPSA) is 177 Å². The van der Waals surface area contributed by atoms with Crippen molar-refractivity contribution in [3.63, 3.8) is 0 Å². The lowest BCUT2D eigenvalue weighted by molar-refractivity contribution is -0.137. The molecule has 3 rings (SSSR count). The molecule has 260 valence electrons. The Hall–Kier alpha value is -2.69. The monoisotopic (exact) mass is 672 g/mol. The highest BCUT2D eigenvalue weighted by Crippen LogP contribution is 2.29. The quantitative estimate of drug-likeness (QED) is 0.101. The fraction of sp³-hybridized carbons (Fsp3) is 0.677. The van der Waals surface area contributed by atoms with Crippen LogP contribution in [0.3, 0.4) is 0 Å². The molecule has 1 fully saturated rings. The number of carbonyl (C=O) groups is 4. The Kier molecular flexibility index (Phi) is 20.3. The number of halogens is 1. The van der Waals surface area contributed by atoms with Gasteiger partial charge in [-0.15, -0.1) is 12.4 Å². The van der Waals surface area contributed by atoms with Gasteiger partial charge in [-0.1, -0.05) is 12.8 Å². The van der Waals surface area contributed by atoms with E-state index in [0.717, 1.165) is 38.8 Å². The second-order valence-corrected chi connectivity index (χ2v) is 10.6. The lowest BCUT2D eigenvalue weighted by atomic mass is 10.0. The van der Waals surface area contributed by atoms with Crippen molar-refractivity contribution in [2.24, 2.45) is 5.73 Å². The minimum atomic E-state index is -0.685. The molecule has 2 aliphatic heterocycles. The standard InChI is InChI=1S/C31H48N4O10.ClH/c32-9-3-1-2-4-10-40-11-12-41-13-14-42-15-16-43-17-18-44-19-20-45-23-29(37)33-25-5-6-26-24(21-25)22-35(31(26)39)27-7-8-28(36)34-30(27)38;/h5-6,21,27H,1-4,7-20,22-23,32H2,(H,33,37)(H,34,36,38);1H. The summed E-state index contributed by atoms with van der Waals surface area (Å²) in [6.45, 7) is 6.07. The number of imide groups is 1. The SMILES string of the molecule is Cl.NCCCCCCOCCOCCOCCOCCOCCOCC(=O)Nc1ccc2c(c1)CN(C1CCC(=O)NC1=O)C2=O. The lowest BCUT2D eigenvalue weighted by Crippen LogP contribution is -2.52. The molecule has 0 spiro atoms. The van der Waals surface area contributed by atoms with Crippen molar-refractivity contribution in [2.75, 3.05) is 91.1 Å². The van der Waals surface area contributed by atoms with Crippen LogP contribution in [0.1, 0.15) is 54.4 Å². The number of carbonyl (C=O) groups excluding carboxylic acids is 4. The predicted molar refractivity (Wildman–Crippen MR) is 171 cm³/mol. The lowest BCUT2D eigenvalue weighted by Gasteiger charge is -2.29. The van der Waals surface area contributed by atoms with Gasteiger partial charge in [0, 0.05) is 30.8 Å². The van der Waals surface area contributed by atoms with E-state index in [1.54, 1.807) is 18.2 Å². The van der Waals surface area contributed by atoms with E-state index in [9.17, 15) is 19.2 Å². The van der Waals surface area contributed by atoms with E-state index in [1.165, 1.54) is 4.90 Å². The van der Waals surface area contributed by atoms with E-state index >= 15 is 0 Å². The average Bonchev–Trinajstić information content (AvgIpc) is 3.34. The van der Waals surface area contributed by atoms with Gasteiger partial charge < -0.3 is 44.4 Å². The summed E-state index contributed by atoms with van der Waals surface area (Å²) < 4.78 is 32.7. The van der Waals surface area contributed by atoms with Gasteiger partial charge in [0.05, 0.1) is 66.1 Å². The van der Waals surface area contributed by atoms with Crippen LogP contribution in [0.25, 0.3) is 0 Å². The van der Waals surface area contributed by atoms with Crippen LogP contribution in [-0.4, -0.2) is 120 Å². The van der Waals surface area contributed by atoms with Crippen LogP contribution in [0.2, 0.25) is 0 Å². The van der Waals surface area contributed by atoms with Crippen molar-refractivity contribution in [1.82, 2.24) is 10.2 Å². The molecule has 0 radical (unpaired) electrons. The maximum absolute atomic E-state index is 12.8. The second-order valence-electron chi connectivity index (χ2n) is 10.6. The van der Waals surface area contributed by atoms with E-state index in [0.29, 0.717) is 82.7 Å². The van der Waals surface area contributed by atoms with Crippen LogP contribution in [0.4, 0.5) is 5.69 Å². The number of nitrogens with one attached hydrogen (secondary N) is 2. The fourth-order valence-electron chi connectivity index (χ4n) is 4.82. The molecule has 15 heteroatoms. The van der Waals surface area contributed by atoms with Crippen LogP contribution in [0.15, 0.2) is 18.2 Å². The van der Waals surface area contributed by atoms with E-state index in [-0.39, 0.29) is 56.3 Å². The molecule has 0 bridgehead atoms. The first-order valence-corrected chi connectivity index (χ1v) is 15.7. The highest BCUT2D eigenvalue weighted by atomic mass is 35.5. The molecular formula is C31H49ClN4O10. The Morgan fingerprint density at radius 1 is 0.804 bits per heavy atom. The van der Waals surface area contributed by atoms with Gasteiger partial charge in [-0.2, -0.15) is 0 Å². The maximum atomic E-state index is 12.8. The average molecular weight is 673 g/mol. The van der Waals surface area contributed by atoms with E-state index in [2.05, 4.69) is 10.6 Å². The summed E-state index contributed by atoms with van der Waals surface area (Å²) >= 11 is 0. The summed E-state index contributed by atoms with van der Waals surface area (Å²) in [5, 5.41) is 5.04. The number of ether oxygens (including phenoxy) is 6. The number of hydrogen-bond donors (Lipinski definition) is 3. The van der Waals surface area contributed by atoms with Crippen molar-refractivity contribution in [3.05, 3.63) is 29.3 Å². The number of unbranched alkanes of at least 4 members (excludes halogenated alkanes) is 3. The van der Waals surface area contributed by atoms with Gasteiger partial charge in [0.15, 0.2) is 0 Å². The van der Waals surface area contributed by atoms with Gasteiger partial charge in [-0.25, -0.2) is 0 Å². The first kappa shape index (κ1) is 39.5. The number of piperidine rings is 1. The van der Waals surface area contributed by atoms with Crippen LogP contribution < -0.4 is 16.4 Å². The minimum absolute atomic E-state index is 0. The molecule has 2 aliphatic rings. The third kappa shape index (κ3) is 14.8. The molecule has 1 aromatic carbocycles. The Morgan fingerprint density at radius 3 is 1.96 bits per heavy atom. The molecule has 0 aliphatic carbocycles. The predicted octanol–water partition coefficient (Wildman–Crippen LogP) is 1.43. The third-order valence-electron chi connectivity index (χ3n) is 7.14. The van der Waals surface area contributed by atoms with Crippen LogP contribution >= 0.6 is 12.4 Å². The summed E-state index contributed by atoms with van der Waals surface area (Å²) in [4.78, 5) is 50.2. The first-order chi connectivity index (χ1) is 22.0. The van der Waals surface area contributed by atoms with Crippen molar-refractivity contribution in [3.8, 4) is 0 Å². The molecule has 4 amide bonds. The summed E-state index contributed by atoms with van der Waals surface area (Å²) in [6, 6.07) is 4.29. The zero-order valence-electron chi connectivity index (χ0n) is 26.5. The summed E-state index contributed by atoms with van der Waals surface area (Å²) in [5.74, 6) is -1.40. The van der Waals surface area contributed by atoms with Crippen molar-refractivity contribution < 1.29 is 47.6 Å². The summed E-state index contributed by atoms with van der Waals surface area (Å²) in [6.07, 6.45) is 4.93. The van der Waals surface area contributed by atoms with Gasteiger partial charge >= 0.3 is 0 Å². The Morgan fingerprint density at radius 2 is 1.37 bits per heavy atom. The molecule has 4 N–H and O–H groups in total. The van der Waals surface area contributed by atoms with Crippen molar-refractivity contribution >= 4 is 41.7 Å². The number of benzene rings is 1. The van der Waals surface area contributed by atoms with Gasteiger partial charge in [0.25, 0.3) is 5.91 Å². The molecule has 1 saturated heterocycles. The summed E-state index contributed by atoms with van der Waals surface area (Å²) in [7, 11) is 0. The minimum Gasteiger partial charge on any atom is -0.379 e. The highest BCUT2D eigenvalue weighted by Gasteiger charge is 2.39. The van der Waals surface area contributed by atoms with Crippen molar-refractivity contribution in [2.45, 2.75) is 51.1 Å². The zero-order chi connectivity index (χ0) is 32.1. The number of anilines is 1. The Balaban J connectivity index is 0.00000736. The van der Waals surface area contributed by atoms with Crippen LogP contribution in [0.5, 0.6) is 0 Å². The van der Waals surface area contributed by atoms with Gasteiger partial charge in [-0.3, -0.25) is 24.5 Å². The normalized spacial score (nSPS) is 15.9. The highest BCUT2D eigenvalue weighted by molar-refractivity contribution is 6.05. The Bertz CT molecular complexity index is 1080. The van der Waals surface area contributed by atoms with Crippen LogP contribution in [-0.2, 0) is 49.3 Å². The van der Waals surface area contributed by atoms with Gasteiger partial charge in [0.2, 0.25) is 17.7 Å². The van der Waals surface area contributed by atoms with Gasteiger partial charge in [-0.05, 0) is 49.6 Å². The summed E-state index contributed by atoms with van der Waals surface area (Å²) in [5.41, 5.74) is 7.17. The number of nitrogens with two attached hydrogens (primary N) is 1. The number of amides is 4. The first-order valence-electron chi connectivity index (χ1n) is 15.7. The molecule has 14 nitrogen and oxygen atoms in total. The molecule has 46 heavy (non-hydrogen) atoms. The Labute approximate surface area is 276 Å². The zero-order valence-corrected chi connectivity index (χ0v) is 27.3. The van der Waals surface area contributed by atoms with E-state index in [4.69, 9.17) is 34.2 Å². The number of fused-ring (bicyclic) bond motifs is 1. The smallest absolute Gasteiger partial charge is 0.255 e. The number of nitrogens with zero attached hydrogens (tertiary/aromatic N) is 1. The molecule has 0 aromatic heterocycles. The third-order valence-corrected chi connectivity index (χ3v) is 7.14. The fourth-order valence-corrected chi connectivity index (χ4v) is 4.82. The van der Waals surface area contributed by atoms with Crippen molar-refractivity contribution in [1.29, 1.82) is 0 Å². The maximum Gasteiger partial charge on any atom is 0.255 e. The molecule has 1 atom stereocenters. The molecule has 2 heterocycles. The number of rotatable bonds is 25. The molecule has 0 saturated carbocycles. The number of hydrogen-bond acceptors (Lipinski definition) is 11. The molecule has 1 unspecified atom stereocenters.